The minimum atomic E-state index is -0.262. The number of rotatable bonds is 7. The SMILES string of the molecule is CCCN(CCC)c1sc(C(=O)NC)c(N)c1C(=O)NC. The Morgan fingerprint density at radius 2 is 1.62 bits per heavy atom. The lowest BCUT2D eigenvalue weighted by atomic mass is 10.2. The molecular formula is C14H24N4O2S. The Hall–Kier alpha value is -1.76. The molecule has 0 spiro atoms. The van der Waals surface area contributed by atoms with Gasteiger partial charge in [-0.25, -0.2) is 0 Å². The van der Waals surface area contributed by atoms with Crippen LogP contribution in [0, 0.1) is 0 Å². The number of nitrogen functional groups attached to an aromatic ring is 1. The third-order valence-electron chi connectivity index (χ3n) is 3.09. The summed E-state index contributed by atoms with van der Waals surface area (Å²) in [7, 11) is 3.11. The van der Waals surface area contributed by atoms with Gasteiger partial charge in [-0.3, -0.25) is 9.59 Å². The molecule has 0 saturated carbocycles. The van der Waals surface area contributed by atoms with Crippen molar-refractivity contribution in [2.75, 3.05) is 37.8 Å². The summed E-state index contributed by atoms with van der Waals surface area (Å²) >= 11 is 1.28. The summed E-state index contributed by atoms with van der Waals surface area (Å²) in [6, 6.07) is 0. The van der Waals surface area contributed by atoms with Crippen LogP contribution in [0.3, 0.4) is 0 Å². The quantitative estimate of drug-likeness (QED) is 0.715. The fraction of sp³-hybridized carbons (Fsp3) is 0.571. The molecule has 2 amide bonds. The first kappa shape index (κ1) is 17.3. The predicted molar refractivity (Wildman–Crippen MR) is 88.3 cm³/mol. The van der Waals surface area contributed by atoms with E-state index >= 15 is 0 Å². The van der Waals surface area contributed by atoms with E-state index in [4.69, 9.17) is 5.73 Å². The molecule has 118 valence electrons. The first-order chi connectivity index (χ1) is 10.0. The van der Waals surface area contributed by atoms with Gasteiger partial charge in [-0.2, -0.15) is 0 Å². The van der Waals surface area contributed by atoms with Gasteiger partial charge in [-0.15, -0.1) is 11.3 Å². The number of nitrogens with one attached hydrogen (secondary N) is 2. The summed E-state index contributed by atoms with van der Waals surface area (Å²) < 4.78 is 0. The van der Waals surface area contributed by atoms with Crippen molar-refractivity contribution in [3.05, 3.63) is 10.4 Å². The lowest BCUT2D eigenvalue weighted by Crippen LogP contribution is -2.28. The molecule has 1 aromatic rings. The number of hydrogen-bond donors (Lipinski definition) is 3. The molecule has 0 atom stereocenters. The van der Waals surface area contributed by atoms with Crippen molar-refractivity contribution >= 4 is 33.8 Å². The first-order valence-corrected chi connectivity index (χ1v) is 7.94. The predicted octanol–water partition coefficient (Wildman–Crippen LogP) is 1.68. The van der Waals surface area contributed by atoms with Crippen LogP contribution in [0.15, 0.2) is 0 Å². The second kappa shape index (κ2) is 7.87. The minimum Gasteiger partial charge on any atom is -0.397 e. The van der Waals surface area contributed by atoms with Crippen molar-refractivity contribution in [3.8, 4) is 0 Å². The van der Waals surface area contributed by atoms with Crippen molar-refractivity contribution in [1.82, 2.24) is 10.6 Å². The van der Waals surface area contributed by atoms with E-state index in [-0.39, 0.29) is 17.5 Å². The Morgan fingerprint density at radius 1 is 1.10 bits per heavy atom. The molecule has 0 aliphatic heterocycles. The first-order valence-electron chi connectivity index (χ1n) is 7.13. The molecule has 0 unspecified atom stereocenters. The Balaban J connectivity index is 3.39. The molecule has 0 aliphatic rings. The van der Waals surface area contributed by atoms with Crippen LogP contribution in [0.4, 0.5) is 10.7 Å². The highest BCUT2D eigenvalue weighted by molar-refractivity contribution is 7.19. The molecule has 0 fully saturated rings. The van der Waals surface area contributed by atoms with Gasteiger partial charge in [-0.05, 0) is 12.8 Å². The smallest absolute Gasteiger partial charge is 0.263 e. The summed E-state index contributed by atoms with van der Waals surface area (Å²) in [5.41, 5.74) is 6.71. The van der Waals surface area contributed by atoms with Gasteiger partial charge in [0, 0.05) is 27.2 Å². The van der Waals surface area contributed by atoms with Gasteiger partial charge in [0.1, 0.15) is 9.88 Å². The molecule has 1 heterocycles. The average molecular weight is 312 g/mol. The van der Waals surface area contributed by atoms with Crippen molar-refractivity contribution in [2.45, 2.75) is 26.7 Å². The van der Waals surface area contributed by atoms with Gasteiger partial charge >= 0.3 is 0 Å². The molecular weight excluding hydrogens is 288 g/mol. The zero-order chi connectivity index (χ0) is 16.0. The van der Waals surface area contributed by atoms with E-state index in [9.17, 15) is 9.59 Å². The van der Waals surface area contributed by atoms with Crippen LogP contribution in [0.1, 0.15) is 46.7 Å². The molecule has 0 aliphatic carbocycles. The van der Waals surface area contributed by atoms with Crippen LogP contribution < -0.4 is 21.3 Å². The van der Waals surface area contributed by atoms with Crippen molar-refractivity contribution in [3.63, 3.8) is 0 Å². The zero-order valence-corrected chi connectivity index (χ0v) is 13.9. The standard InChI is InChI=1S/C14H24N4O2S/c1-5-7-18(8-6-2)14-9(12(19)16-3)10(15)11(21-14)13(20)17-4/h5-8,15H2,1-4H3,(H,16,19)(H,17,20). The third-order valence-corrected chi connectivity index (χ3v) is 4.35. The monoisotopic (exact) mass is 312 g/mol. The normalized spacial score (nSPS) is 10.3. The maximum absolute atomic E-state index is 12.1. The number of amides is 2. The molecule has 1 aromatic heterocycles. The van der Waals surface area contributed by atoms with Crippen molar-refractivity contribution in [1.29, 1.82) is 0 Å². The van der Waals surface area contributed by atoms with Crippen LogP contribution in [-0.2, 0) is 0 Å². The van der Waals surface area contributed by atoms with E-state index in [0.29, 0.717) is 10.4 Å². The van der Waals surface area contributed by atoms with E-state index in [0.717, 1.165) is 30.9 Å². The maximum atomic E-state index is 12.1. The van der Waals surface area contributed by atoms with Gasteiger partial charge in [0.05, 0.1) is 11.3 Å². The van der Waals surface area contributed by atoms with Gasteiger partial charge in [0.25, 0.3) is 11.8 Å². The number of nitrogens with zero attached hydrogens (tertiary/aromatic N) is 1. The number of carbonyl (C=O) groups excluding carboxylic acids is 2. The summed E-state index contributed by atoms with van der Waals surface area (Å²) in [5.74, 6) is -0.520. The van der Waals surface area contributed by atoms with E-state index < -0.39 is 0 Å². The zero-order valence-electron chi connectivity index (χ0n) is 13.1. The molecule has 0 aromatic carbocycles. The highest BCUT2D eigenvalue weighted by Crippen LogP contribution is 2.38. The van der Waals surface area contributed by atoms with Crippen LogP contribution in [0.2, 0.25) is 0 Å². The fourth-order valence-corrected chi connectivity index (χ4v) is 3.35. The Morgan fingerprint density at radius 3 is 2.05 bits per heavy atom. The molecule has 21 heavy (non-hydrogen) atoms. The lowest BCUT2D eigenvalue weighted by Gasteiger charge is -2.23. The summed E-state index contributed by atoms with van der Waals surface area (Å²) in [5, 5.41) is 5.94. The molecule has 1 rings (SSSR count). The van der Waals surface area contributed by atoms with E-state index in [1.165, 1.54) is 11.3 Å². The van der Waals surface area contributed by atoms with Crippen LogP contribution in [0.25, 0.3) is 0 Å². The summed E-state index contributed by atoms with van der Waals surface area (Å²) in [6.45, 7) is 5.81. The lowest BCUT2D eigenvalue weighted by molar-refractivity contribution is 0.0963. The number of anilines is 2. The maximum Gasteiger partial charge on any atom is 0.263 e. The second-order valence-corrected chi connectivity index (χ2v) is 5.67. The van der Waals surface area contributed by atoms with Crippen molar-refractivity contribution < 1.29 is 9.59 Å². The Kier molecular flexibility index (Phi) is 6.48. The average Bonchev–Trinajstić information content (AvgIpc) is 2.83. The highest BCUT2D eigenvalue weighted by Gasteiger charge is 2.27. The molecule has 0 radical (unpaired) electrons. The largest absolute Gasteiger partial charge is 0.397 e. The van der Waals surface area contributed by atoms with Gasteiger partial charge in [0.2, 0.25) is 0 Å². The van der Waals surface area contributed by atoms with Crippen LogP contribution in [0.5, 0.6) is 0 Å². The molecule has 0 saturated heterocycles. The van der Waals surface area contributed by atoms with Crippen LogP contribution in [-0.4, -0.2) is 39.0 Å². The number of hydrogen-bond acceptors (Lipinski definition) is 5. The Bertz CT molecular complexity index is 507. The summed E-state index contributed by atoms with van der Waals surface area (Å²) in [4.78, 5) is 26.6. The van der Waals surface area contributed by atoms with Crippen molar-refractivity contribution in [2.24, 2.45) is 0 Å². The summed E-state index contributed by atoms with van der Waals surface area (Å²) in [6.07, 6.45) is 1.92. The highest BCUT2D eigenvalue weighted by atomic mass is 32.1. The van der Waals surface area contributed by atoms with Crippen LogP contribution >= 0.6 is 11.3 Å². The second-order valence-electron chi connectivity index (χ2n) is 4.67. The third kappa shape index (κ3) is 3.66. The topological polar surface area (TPSA) is 87.5 Å². The van der Waals surface area contributed by atoms with Gasteiger partial charge < -0.3 is 21.3 Å². The number of thiophene rings is 1. The number of nitrogens with two attached hydrogens (primary N) is 1. The Labute approximate surface area is 129 Å². The van der Waals surface area contributed by atoms with E-state index in [1.807, 2.05) is 0 Å². The van der Waals surface area contributed by atoms with E-state index in [1.54, 1.807) is 14.1 Å². The molecule has 6 nitrogen and oxygen atoms in total. The van der Waals surface area contributed by atoms with Gasteiger partial charge in [0.15, 0.2) is 0 Å². The fourth-order valence-electron chi connectivity index (χ4n) is 2.14. The van der Waals surface area contributed by atoms with E-state index in [2.05, 4.69) is 29.4 Å². The molecule has 7 heteroatoms. The molecule has 0 bridgehead atoms. The minimum absolute atomic E-state index is 0.255. The molecule has 4 N–H and O–H groups in total. The van der Waals surface area contributed by atoms with Gasteiger partial charge in [-0.1, -0.05) is 13.8 Å². The number of carbonyl (C=O) groups is 2.